The minimum absolute atomic E-state index is 0.0188. The molecule has 1 aromatic carbocycles. The molecule has 0 aliphatic heterocycles. The lowest BCUT2D eigenvalue weighted by molar-refractivity contribution is -0.757. The monoisotopic (exact) mass is 427 g/mol. The number of nitrogens with one attached hydrogen (secondary N) is 2. The fourth-order valence-electron chi connectivity index (χ4n) is 2.01. The average Bonchev–Trinajstić information content (AvgIpc) is 2.63. The molecule has 12 heteroatoms. The van der Waals surface area contributed by atoms with Crippen molar-refractivity contribution in [1.29, 1.82) is 0 Å². The van der Waals surface area contributed by atoms with E-state index in [4.69, 9.17) is 4.74 Å². The Morgan fingerprint density at radius 2 is 1.79 bits per heavy atom. The number of carbonyl (C=O) groups is 4. The van der Waals surface area contributed by atoms with Crippen LogP contribution < -0.4 is 15.4 Å². The number of carbonyl (C=O) groups excluding carboxylic acids is 4. The zero-order valence-corrected chi connectivity index (χ0v) is 16.7. The molecule has 0 saturated carbocycles. The second kappa shape index (κ2) is 12.3. The van der Waals surface area contributed by atoms with Crippen LogP contribution in [0.15, 0.2) is 24.3 Å². The van der Waals surface area contributed by atoms with Gasteiger partial charge in [0.25, 0.3) is 5.09 Å². The fraction of sp³-hybridized carbons (Fsp3) is 0.412. The van der Waals surface area contributed by atoms with Gasteiger partial charge in [-0.05, 0) is 30.7 Å². The Bertz CT molecular complexity index is 754. The van der Waals surface area contributed by atoms with Gasteiger partial charge in [0.2, 0.25) is 11.8 Å². The number of nitrogens with zero attached hydrogens (tertiary/aromatic N) is 1. The van der Waals surface area contributed by atoms with E-state index in [0.717, 1.165) is 11.8 Å². The molecule has 1 rings (SSSR count). The van der Waals surface area contributed by atoms with Gasteiger partial charge in [-0.3, -0.25) is 14.4 Å². The molecule has 0 heterocycles. The molecule has 0 radical (unpaired) electrons. The zero-order chi connectivity index (χ0) is 21.8. The van der Waals surface area contributed by atoms with Crippen molar-refractivity contribution in [3.8, 4) is 5.75 Å². The summed E-state index contributed by atoms with van der Waals surface area (Å²) in [5, 5.41) is 13.8. The van der Waals surface area contributed by atoms with Crippen LogP contribution in [0.1, 0.15) is 26.7 Å². The summed E-state index contributed by atoms with van der Waals surface area (Å²) in [6.07, 6.45) is 0.174. The molecule has 2 amide bonds. The second-order valence-electron chi connectivity index (χ2n) is 5.72. The zero-order valence-electron chi connectivity index (χ0n) is 15.8. The van der Waals surface area contributed by atoms with Crippen molar-refractivity contribution < 1.29 is 33.8 Å². The maximum atomic E-state index is 12.3. The Hall–Kier alpha value is -3.15. The van der Waals surface area contributed by atoms with Crippen LogP contribution in [0.25, 0.3) is 0 Å². The molecular formula is C17H21N3O8S. The summed E-state index contributed by atoms with van der Waals surface area (Å²) >= 11 is 0.806. The first-order valence-corrected chi connectivity index (χ1v) is 9.45. The highest BCUT2D eigenvalue weighted by molar-refractivity contribution is 8.13. The number of amides is 2. The van der Waals surface area contributed by atoms with Gasteiger partial charge in [-0.25, -0.2) is 4.79 Å². The first-order valence-electron chi connectivity index (χ1n) is 8.46. The Morgan fingerprint density at radius 3 is 2.34 bits per heavy atom. The van der Waals surface area contributed by atoms with Crippen molar-refractivity contribution in [2.24, 2.45) is 0 Å². The predicted octanol–water partition coefficient (Wildman–Crippen LogP) is 1.30. The van der Waals surface area contributed by atoms with Crippen LogP contribution in [0.3, 0.4) is 0 Å². The minimum atomic E-state index is -1.06. The van der Waals surface area contributed by atoms with Gasteiger partial charge in [0, 0.05) is 31.7 Å². The van der Waals surface area contributed by atoms with E-state index in [1.165, 1.54) is 26.0 Å². The van der Waals surface area contributed by atoms with E-state index in [1.54, 1.807) is 12.1 Å². The number of esters is 1. The summed E-state index contributed by atoms with van der Waals surface area (Å²) in [7, 11) is 0. The van der Waals surface area contributed by atoms with Crippen LogP contribution in [0.5, 0.6) is 5.75 Å². The van der Waals surface area contributed by atoms with E-state index in [2.05, 4.69) is 15.5 Å². The van der Waals surface area contributed by atoms with Gasteiger partial charge in [-0.2, -0.15) is 0 Å². The van der Waals surface area contributed by atoms with Crippen LogP contribution in [0, 0.1) is 10.1 Å². The van der Waals surface area contributed by atoms with Crippen LogP contribution in [0.4, 0.5) is 5.69 Å². The molecule has 1 atom stereocenters. The Labute approximate surface area is 170 Å². The molecule has 0 bridgehead atoms. The average molecular weight is 427 g/mol. The van der Waals surface area contributed by atoms with Gasteiger partial charge in [0.1, 0.15) is 11.8 Å². The third-order valence-corrected chi connectivity index (χ3v) is 4.21. The number of benzene rings is 1. The molecule has 0 saturated heterocycles. The van der Waals surface area contributed by atoms with Crippen molar-refractivity contribution in [3.63, 3.8) is 0 Å². The Kier molecular flexibility index (Phi) is 10.2. The van der Waals surface area contributed by atoms with Crippen molar-refractivity contribution in [1.82, 2.24) is 5.32 Å². The molecule has 0 aliphatic rings. The highest BCUT2D eigenvalue weighted by atomic mass is 32.2. The number of ether oxygens (including phenoxy) is 1. The smallest absolute Gasteiger partial charge is 0.334 e. The number of rotatable bonds is 11. The Balaban J connectivity index is 2.56. The SMILES string of the molecule is CC(=O)Nc1ccc(OC(=O)C(CSC(=O)CCCO[N+](=O)[O-])NC(C)=O)cc1. The fourth-order valence-corrected chi connectivity index (χ4v) is 2.88. The molecule has 0 aliphatic carbocycles. The summed E-state index contributed by atoms with van der Waals surface area (Å²) in [6, 6.07) is 4.97. The highest BCUT2D eigenvalue weighted by Gasteiger charge is 2.23. The number of hydrogen-bond acceptors (Lipinski definition) is 9. The summed E-state index contributed by atoms with van der Waals surface area (Å²) in [4.78, 5) is 60.7. The van der Waals surface area contributed by atoms with Gasteiger partial charge in [-0.15, -0.1) is 10.1 Å². The molecule has 1 aromatic rings. The molecule has 0 fully saturated rings. The first kappa shape index (κ1) is 23.9. The van der Waals surface area contributed by atoms with Crippen LogP contribution >= 0.6 is 11.8 Å². The normalized spacial score (nSPS) is 11.1. The molecular weight excluding hydrogens is 406 g/mol. The van der Waals surface area contributed by atoms with E-state index in [9.17, 15) is 29.3 Å². The molecule has 158 valence electrons. The summed E-state index contributed by atoms with van der Waals surface area (Å²) in [5.41, 5.74) is 0.526. The topological polar surface area (TPSA) is 154 Å². The maximum absolute atomic E-state index is 12.3. The molecule has 1 unspecified atom stereocenters. The number of thioether (sulfide) groups is 1. The Morgan fingerprint density at radius 1 is 1.14 bits per heavy atom. The molecule has 0 spiro atoms. The lowest BCUT2D eigenvalue weighted by Gasteiger charge is -2.16. The summed E-state index contributed by atoms with van der Waals surface area (Å²) < 4.78 is 5.21. The van der Waals surface area contributed by atoms with E-state index in [0.29, 0.717) is 5.69 Å². The third-order valence-electron chi connectivity index (χ3n) is 3.19. The van der Waals surface area contributed by atoms with Gasteiger partial charge in [-0.1, -0.05) is 11.8 Å². The lowest BCUT2D eigenvalue weighted by atomic mass is 10.3. The molecule has 2 N–H and O–H groups in total. The van der Waals surface area contributed by atoms with E-state index >= 15 is 0 Å². The van der Waals surface area contributed by atoms with Crippen molar-refractivity contribution in [2.45, 2.75) is 32.7 Å². The quantitative estimate of drug-likeness (QED) is 0.175. The number of hydrogen-bond donors (Lipinski definition) is 2. The molecule has 11 nitrogen and oxygen atoms in total. The van der Waals surface area contributed by atoms with Crippen molar-refractivity contribution in [3.05, 3.63) is 34.4 Å². The second-order valence-corrected chi connectivity index (χ2v) is 6.80. The summed E-state index contributed by atoms with van der Waals surface area (Å²) in [5.74, 6) is -1.33. The van der Waals surface area contributed by atoms with Gasteiger partial charge >= 0.3 is 5.97 Å². The van der Waals surface area contributed by atoms with E-state index in [-0.39, 0.29) is 42.0 Å². The van der Waals surface area contributed by atoms with E-state index < -0.39 is 23.0 Å². The van der Waals surface area contributed by atoms with Gasteiger partial charge < -0.3 is 20.2 Å². The van der Waals surface area contributed by atoms with Crippen molar-refractivity contribution in [2.75, 3.05) is 17.7 Å². The van der Waals surface area contributed by atoms with E-state index in [1.807, 2.05) is 0 Å². The van der Waals surface area contributed by atoms with Gasteiger partial charge in [0.15, 0.2) is 5.12 Å². The first-order chi connectivity index (χ1) is 13.7. The third kappa shape index (κ3) is 10.7. The number of anilines is 1. The predicted molar refractivity (Wildman–Crippen MR) is 104 cm³/mol. The van der Waals surface area contributed by atoms with Crippen LogP contribution in [-0.4, -0.2) is 46.4 Å². The maximum Gasteiger partial charge on any atom is 0.334 e. The van der Waals surface area contributed by atoms with Gasteiger partial charge in [0.05, 0.1) is 6.61 Å². The molecule has 0 aromatic heterocycles. The van der Waals surface area contributed by atoms with Crippen molar-refractivity contribution >= 4 is 40.3 Å². The minimum Gasteiger partial charge on any atom is -0.425 e. The standard InChI is InChI=1S/C17H21N3O8S/c1-11(21)18-13-5-7-14(8-6-13)28-17(24)15(19-12(2)22)10-29-16(23)4-3-9-27-20(25)26/h5-8,15H,3-4,9-10H2,1-2H3,(H,18,21)(H,19,22). The lowest BCUT2D eigenvalue weighted by Crippen LogP contribution is -2.44. The largest absolute Gasteiger partial charge is 0.425 e. The molecule has 29 heavy (non-hydrogen) atoms. The highest BCUT2D eigenvalue weighted by Crippen LogP contribution is 2.17. The van der Waals surface area contributed by atoms with Crippen LogP contribution in [-0.2, 0) is 24.0 Å². The summed E-state index contributed by atoms with van der Waals surface area (Å²) in [6.45, 7) is 2.38. The van der Waals surface area contributed by atoms with Crippen LogP contribution in [0.2, 0.25) is 0 Å².